The number of nitrogens with zero attached hydrogens (tertiary/aromatic N) is 2. The Bertz CT molecular complexity index is 670. The Labute approximate surface area is 117 Å². The molecule has 0 saturated carbocycles. The number of aromatic amines is 1. The Morgan fingerprint density at radius 1 is 1.30 bits per heavy atom. The molecule has 102 valence electrons. The Hall–Kier alpha value is -2.48. The van der Waals surface area contributed by atoms with E-state index in [2.05, 4.69) is 16.0 Å². The minimum atomic E-state index is 0.465. The monoisotopic (exact) mass is 269 g/mol. The normalized spacial score (nSPS) is 13.0. The number of H-pyrrole nitrogens is 1. The Morgan fingerprint density at radius 3 is 2.80 bits per heavy atom. The fraction of sp³-hybridized carbons (Fsp3) is 0.333. The highest BCUT2D eigenvalue weighted by Crippen LogP contribution is 2.36. The molecule has 0 bridgehead atoms. The molecule has 3 rings (SSSR count). The van der Waals surface area contributed by atoms with E-state index in [4.69, 9.17) is 14.7 Å². The van der Waals surface area contributed by atoms with Gasteiger partial charge in [0.15, 0.2) is 11.5 Å². The molecule has 5 heteroatoms. The van der Waals surface area contributed by atoms with Crippen LogP contribution in [0, 0.1) is 18.3 Å². The van der Waals surface area contributed by atoms with E-state index in [1.807, 2.05) is 19.1 Å². The van der Waals surface area contributed by atoms with E-state index >= 15 is 0 Å². The first-order valence-electron chi connectivity index (χ1n) is 6.59. The third-order valence-corrected chi connectivity index (χ3v) is 3.28. The number of nitrogens with one attached hydrogen (secondary N) is 1. The van der Waals surface area contributed by atoms with Crippen LogP contribution in [0.3, 0.4) is 0 Å². The van der Waals surface area contributed by atoms with E-state index in [-0.39, 0.29) is 0 Å². The van der Waals surface area contributed by atoms with Crippen molar-refractivity contribution in [2.75, 3.05) is 13.2 Å². The van der Waals surface area contributed by atoms with Gasteiger partial charge in [-0.2, -0.15) is 5.26 Å². The van der Waals surface area contributed by atoms with Gasteiger partial charge in [-0.05, 0) is 24.6 Å². The van der Waals surface area contributed by atoms with E-state index in [1.54, 1.807) is 6.20 Å². The van der Waals surface area contributed by atoms with E-state index in [0.717, 1.165) is 34.1 Å². The molecular formula is C15H15N3O2. The lowest BCUT2D eigenvalue weighted by atomic mass is 10.1. The fourth-order valence-electron chi connectivity index (χ4n) is 2.28. The van der Waals surface area contributed by atoms with Crippen molar-refractivity contribution < 1.29 is 9.47 Å². The summed E-state index contributed by atoms with van der Waals surface area (Å²) < 4.78 is 11.2. The summed E-state index contributed by atoms with van der Waals surface area (Å²) in [5, 5.41) is 8.61. The van der Waals surface area contributed by atoms with E-state index < -0.39 is 0 Å². The van der Waals surface area contributed by atoms with Crippen LogP contribution in [0.15, 0.2) is 18.3 Å². The summed E-state index contributed by atoms with van der Waals surface area (Å²) in [6, 6.07) is 6.08. The van der Waals surface area contributed by atoms with Crippen LogP contribution in [-0.4, -0.2) is 23.2 Å². The average Bonchev–Trinajstić information content (AvgIpc) is 2.93. The summed E-state index contributed by atoms with van der Waals surface area (Å²) >= 11 is 0. The quantitative estimate of drug-likeness (QED) is 0.929. The highest BCUT2D eigenvalue weighted by atomic mass is 16.6. The average molecular weight is 269 g/mol. The van der Waals surface area contributed by atoms with Gasteiger partial charge in [0.05, 0.1) is 18.0 Å². The smallest absolute Gasteiger partial charge is 0.162 e. The van der Waals surface area contributed by atoms with Crippen molar-refractivity contribution in [2.45, 2.75) is 19.8 Å². The van der Waals surface area contributed by atoms with Gasteiger partial charge < -0.3 is 14.5 Å². The molecule has 0 spiro atoms. The summed E-state index contributed by atoms with van der Waals surface area (Å²) in [5.74, 6) is 2.39. The maximum absolute atomic E-state index is 8.61. The van der Waals surface area contributed by atoms with Crippen LogP contribution >= 0.6 is 0 Å². The van der Waals surface area contributed by atoms with Crippen LogP contribution in [-0.2, 0) is 6.42 Å². The first-order chi connectivity index (χ1) is 9.78. The molecule has 0 saturated heterocycles. The highest BCUT2D eigenvalue weighted by Gasteiger charge is 2.16. The number of benzene rings is 1. The second-order valence-electron chi connectivity index (χ2n) is 4.71. The van der Waals surface area contributed by atoms with Crippen molar-refractivity contribution in [1.82, 2.24) is 9.97 Å². The van der Waals surface area contributed by atoms with Crippen LogP contribution < -0.4 is 9.47 Å². The zero-order valence-electron chi connectivity index (χ0n) is 11.3. The molecule has 20 heavy (non-hydrogen) atoms. The van der Waals surface area contributed by atoms with Gasteiger partial charge in [0.1, 0.15) is 19.0 Å². The number of hydrogen-bond acceptors (Lipinski definition) is 4. The summed E-state index contributed by atoms with van der Waals surface area (Å²) in [4.78, 5) is 7.56. The van der Waals surface area contributed by atoms with Gasteiger partial charge in [-0.1, -0.05) is 0 Å². The topological polar surface area (TPSA) is 70.9 Å². The second kappa shape index (κ2) is 5.25. The molecule has 1 N–H and O–H groups in total. The van der Waals surface area contributed by atoms with Crippen LogP contribution in [0.25, 0.3) is 11.3 Å². The number of nitriles is 1. The molecule has 2 aromatic rings. The molecule has 2 heterocycles. The van der Waals surface area contributed by atoms with Crippen LogP contribution in [0.4, 0.5) is 0 Å². The predicted octanol–water partition coefficient (Wildman–Crippen LogP) is 2.61. The Kier molecular flexibility index (Phi) is 3.30. The van der Waals surface area contributed by atoms with Gasteiger partial charge >= 0.3 is 0 Å². The fourth-order valence-corrected chi connectivity index (χ4v) is 2.28. The Morgan fingerprint density at radius 2 is 2.05 bits per heavy atom. The summed E-state index contributed by atoms with van der Waals surface area (Å²) in [6.45, 7) is 3.20. The van der Waals surface area contributed by atoms with Crippen LogP contribution in [0.1, 0.15) is 17.8 Å². The van der Waals surface area contributed by atoms with E-state index in [0.29, 0.717) is 26.1 Å². The minimum absolute atomic E-state index is 0.465. The zero-order valence-corrected chi connectivity index (χ0v) is 11.3. The van der Waals surface area contributed by atoms with Crippen LogP contribution in [0.5, 0.6) is 11.5 Å². The maximum Gasteiger partial charge on any atom is 0.162 e. The molecule has 1 aliphatic rings. The van der Waals surface area contributed by atoms with E-state index in [1.165, 1.54) is 0 Å². The van der Waals surface area contributed by atoms with Gasteiger partial charge in [0.2, 0.25) is 0 Å². The SMILES string of the molecule is Cc1cc2c(cc1-c1cnc(CCC#N)[nH]1)OCCO2. The number of fused-ring (bicyclic) bond motifs is 1. The van der Waals surface area contributed by atoms with Gasteiger partial charge in [0, 0.05) is 18.4 Å². The van der Waals surface area contributed by atoms with Crippen molar-refractivity contribution in [3.63, 3.8) is 0 Å². The highest BCUT2D eigenvalue weighted by molar-refractivity contribution is 5.68. The molecular weight excluding hydrogens is 254 g/mol. The predicted molar refractivity (Wildman–Crippen MR) is 73.7 cm³/mol. The number of aryl methyl sites for hydroxylation is 2. The van der Waals surface area contributed by atoms with Crippen molar-refractivity contribution >= 4 is 0 Å². The first kappa shape index (κ1) is 12.5. The zero-order chi connectivity index (χ0) is 13.9. The molecule has 0 atom stereocenters. The van der Waals surface area contributed by atoms with Crippen LogP contribution in [0.2, 0.25) is 0 Å². The maximum atomic E-state index is 8.61. The van der Waals surface area contributed by atoms with Gasteiger partial charge in [0.25, 0.3) is 0 Å². The Balaban J connectivity index is 1.93. The van der Waals surface area contributed by atoms with Gasteiger partial charge in [-0.15, -0.1) is 0 Å². The van der Waals surface area contributed by atoms with Crippen molar-refractivity contribution in [3.05, 3.63) is 29.7 Å². The first-order valence-corrected chi connectivity index (χ1v) is 6.59. The lowest BCUT2D eigenvalue weighted by Crippen LogP contribution is -2.15. The number of ether oxygens (including phenoxy) is 2. The number of hydrogen-bond donors (Lipinski definition) is 1. The molecule has 1 aromatic carbocycles. The molecule has 0 aliphatic carbocycles. The lowest BCUT2D eigenvalue weighted by Gasteiger charge is -2.20. The standard InChI is InChI=1S/C15H15N3O2/c1-10-7-13-14(20-6-5-19-13)8-11(10)12-9-17-15(18-12)3-2-4-16/h7-9H,2-3,5-6H2,1H3,(H,17,18). The molecule has 1 aliphatic heterocycles. The number of imidazole rings is 1. The largest absolute Gasteiger partial charge is 0.486 e. The molecule has 1 aromatic heterocycles. The van der Waals surface area contributed by atoms with Crippen molar-refractivity contribution in [2.24, 2.45) is 0 Å². The van der Waals surface area contributed by atoms with Gasteiger partial charge in [-0.25, -0.2) is 4.98 Å². The molecule has 0 unspecified atom stereocenters. The van der Waals surface area contributed by atoms with Gasteiger partial charge in [-0.3, -0.25) is 0 Å². The molecule has 0 amide bonds. The van der Waals surface area contributed by atoms with E-state index in [9.17, 15) is 0 Å². The molecule has 5 nitrogen and oxygen atoms in total. The third-order valence-electron chi connectivity index (χ3n) is 3.28. The summed E-state index contributed by atoms with van der Waals surface area (Å²) in [7, 11) is 0. The number of rotatable bonds is 3. The third kappa shape index (κ3) is 2.32. The summed E-state index contributed by atoms with van der Waals surface area (Å²) in [6.07, 6.45) is 2.90. The van der Waals surface area contributed by atoms with Crippen molar-refractivity contribution in [3.8, 4) is 28.8 Å². The van der Waals surface area contributed by atoms with Crippen molar-refractivity contribution in [1.29, 1.82) is 5.26 Å². The molecule has 0 fully saturated rings. The molecule has 0 radical (unpaired) electrons. The second-order valence-corrected chi connectivity index (χ2v) is 4.71. The minimum Gasteiger partial charge on any atom is -0.486 e. The summed E-state index contributed by atoms with van der Waals surface area (Å²) in [5.41, 5.74) is 3.09. The number of aromatic nitrogens is 2. The lowest BCUT2D eigenvalue weighted by molar-refractivity contribution is 0.171.